The predicted octanol–water partition coefficient (Wildman–Crippen LogP) is 5.24. The average molecular weight is 449 g/mol. The van der Waals surface area contributed by atoms with Crippen molar-refractivity contribution in [3.63, 3.8) is 0 Å². The summed E-state index contributed by atoms with van der Waals surface area (Å²) in [7, 11) is 0. The normalized spacial score (nSPS) is 12.0. The molecule has 18 heavy (non-hydrogen) atoms. The third kappa shape index (κ3) is 9.46. The maximum absolute atomic E-state index is 2.47. The first-order chi connectivity index (χ1) is 8.74. The van der Waals surface area contributed by atoms with Crippen LogP contribution >= 0.6 is 0 Å². The van der Waals surface area contributed by atoms with E-state index in [0.717, 1.165) is 47.0 Å². The van der Waals surface area contributed by atoms with Crippen molar-refractivity contribution < 1.29 is 0 Å². The summed E-state index contributed by atoms with van der Waals surface area (Å²) < 4.78 is 0.855. The number of unbranched alkanes of at least 4 members (excludes halogenated alkanes) is 8. The van der Waals surface area contributed by atoms with Crippen molar-refractivity contribution in [3.8, 4) is 0 Å². The Labute approximate surface area is 135 Å². The number of rotatable bonds is 13. The first-order valence-corrected chi connectivity index (χ1v) is 15.1. The van der Waals surface area contributed by atoms with Crippen LogP contribution in [0.15, 0.2) is 0 Å². The van der Waals surface area contributed by atoms with Crippen LogP contribution in [-0.2, 0) is 0 Å². The molecule has 0 aliphatic rings. The Hall–Kier alpha value is 1.56. The molecule has 0 spiro atoms. The molecule has 0 N–H and O–H groups in total. The molecule has 0 aromatic heterocycles. The Kier molecular flexibility index (Phi) is 14.7. The second kappa shape index (κ2) is 13.5. The molecular weight excluding hydrogens is 417 g/mol. The van der Waals surface area contributed by atoms with E-state index < -0.39 is 0 Å². The van der Waals surface area contributed by atoms with E-state index in [0.29, 0.717) is 0 Å². The van der Waals surface area contributed by atoms with Gasteiger partial charge in [0.05, 0.1) is 0 Å². The molecule has 0 aromatic carbocycles. The van der Waals surface area contributed by atoms with Crippen LogP contribution in [0.1, 0.15) is 71.1 Å². The standard InChI is InChI=1S/C15H32Se3/c1-5-6-7-8-9-10-11-12-13-14-15(16-2,17-3)18-4/h5-14H2,1-4H3. The average Bonchev–Trinajstić information content (AvgIpc) is 2.42. The van der Waals surface area contributed by atoms with Gasteiger partial charge in [0.15, 0.2) is 0 Å². The van der Waals surface area contributed by atoms with Crippen LogP contribution in [0, 0.1) is 0 Å². The van der Waals surface area contributed by atoms with E-state index >= 15 is 0 Å². The van der Waals surface area contributed by atoms with Crippen molar-refractivity contribution in [1.29, 1.82) is 0 Å². The van der Waals surface area contributed by atoms with Gasteiger partial charge in [0.2, 0.25) is 0 Å². The van der Waals surface area contributed by atoms with Gasteiger partial charge in [0.25, 0.3) is 0 Å². The van der Waals surface area contributed by atoms with E-state index in [1.807, 2.05) is 0 Å². The molecule has 3 heteroatoms. The maximum atomic E-state index is 2.47. The molecule has 0 atom stereocenters. The molecule has 0 radical (unpaired) electrons. The Morgan fingerprint density at radius 2 is 1.00 bits per heavy atom. The van der Waals surface area contributed by atoms with Gasteiger partial charge in [-0.25, -0.2) is 0 Å². The molecule has 0 rings (SSSR count). The van der Waals surface area contributed by atoms with Gasteiger partial charge in [-0.1, -0.05) is 0 Å². The molecular formula is C15H32Se3. The fourth-order valence-electron chi connectivity index (χ4n) is 2.21. The minimum atomic E-state index is 0.855. The fraction of sp³-hybridized carbons (Fsp3) is 1.00. The third-order valence-corrected chi connectivity index (χ3v) is 19.6. The van der Waals surface area contributed by atoms with E-state index in [4.69, 9.17) is 0 Å². The van der Waals surface area contributed by atoms with Crippen LogP contribution in [0.3, 0.4) is 0 Å². The second-order valence-electron chi connectivity index (χ2n) is 4.87. The van der Waals surface area contributed by atoms with Gasteiger partial charge < -0.3 is 0 Å². The van der Waals surface area contributed by atoms with Gasteiger partial charge in [-0.3, -0.25) is 0 Å². The van der Waals surface area contributed by atoms with E-state index in [1.54, 1.807) is 6.42 Å². The van der Waals surface area contributed by atoms with Gasteiger partial charge in [-0.05, 0) is 0 Å². The van der Waals surface area contributed by atoms with Gasteiger partial charge in [-0.15, -0.1) is 0 Å². The summed E-state index contributed by atoms with van der Waals surface area (Å²) in [6, 6.07) is 0. The first-order valence-electron chi connectivity index (χ1n) is 7.40. The Morgan fingerprint density at radius 3 is 1.39 bits per heavy atom. The Balaban J connectivity index is 3.38. The molecule has 0 fully saturated rings. The SMILES string of the molecule is CCCCCCCCCCCC([Se]C)([Se]C)[Se]C. The second-order valence-corrected chi connectivity index (χ2v) is 15.8. The summed E-state index contributed by atoms with van der Waals surface area (Å²) in [4.78, 5) is 0. The van der Waals surface area contributed by atoms with Gasteiger partial charge in [0.1, 0.15) is 0 Å². The Morgan fingerprint density at radius 1 is 0.611 bits per heavy atom. The number of hydrogen-bond acceptors (Lipinski definition) is 0. The van der Waals surface area contributed by atoms with Crippen molar-refractivity contribution in [2.24, 2.45) is 0 Å². The summed E-state index contributed by atoms with van der Waals surface area (Å²) in [5.74, 6) is 7.41. The summed E-state index contributed by atoms with van der Waals surface area (Å²) >= 11 is 2.66. The zero-order valence-electron chi connectivity index (χ0n) is 12.8. The quantitative estimate of drug-likeness (QED) is 0.267. The molecule has 0 bridgehead atoms. The van der Waals surface area contributed by atoms with Crippen LogP contribution in [0.4, 0.5) is 0 Å². The van der Waals surface area contributed by atoms with Gasteiger partial charge in [-0.2, -0.15) is 0 Å². The zero-order valence-corrected chi connectivity index (χ0v) is 17.9. The molecule has 0 aliphatic carbocycles. The number of hydrogen-bond donors (Lipinski definition) is 0. The molecule has 0 heterocycles. The molecule has 0 unspecified atom stereocenters. The van der Waals surface area contributed by atoms with Crippen molar-refractivity contribution in [1.82, 2.24) is 0 Å². The van der Waals surface area contributed by atoms with Crippen LogP contribution < -0.4 is 0 Å². The van der Waals surface area contributed by atoms with Crippen LogP contribution in [0.5, 0.6) is 0 Å². The monoisotopic (exact) mass is 452 g/mol. The molecule has 0 saturated heterocycles. The van der Waals surface area contributed by atoms with Crippen molar-refractivity contribution in [2.45, 2.75) is 90.7 Å². The Bertz CT molecular complexity index is 159. The van der Waals surface area contributed by atoms with Crippen molar-refractivity contribution in [3.05, 3.63) is 0 Å². The van der Waals surface area contributed by atoms with Gasteiger partial charge >= 0.3 is 136 Å². The topological polar surface area (TPSA) is 0 Å². The zero-order chi connectivity index (χ0) is 13.7. The minimum absolute atomic E-state index is 0.855. The van der Waals surface area contributed by atoms with E-state index in [-0.39, 0.29) is 0 Å². The van der Waals surface area contributed by atoms with E-state index in [1.165, 1.54) is 57.8 Å². The summed E-state index contributed by atoms with van der Waals surface area (Å²) in [5, 5.41) is 0. The molecule has 0 aromatic rings. The van der Waals surface area contributed by atoms with E-state index in [2.05, 4.69) is 24.4 Å². The predicted molar refractivity (Wildman–Crippen MR) is 89.4 cm³/mol. The molecule has 0 aliphatic heterocycles. The first kappa shape index (κ1) is 19.6. The van der Waals surface area contributed by atoms with Crippen LogP contribution in [0.2, 0.25) is 19.6 Å². The van der Waals surface area contributed by atoms with Crippen LogP contribution in [-0.4, -0.2) is 44.9 Å². The van der Waals surface area contributed by atoms with Crippen molar-refractivity contribution >= 4 is 44.9 Å². The van der Waals surface area contributed by atoms with Crippen LogP contribution in [0.25, 0.3) is 0 Å². The molecule has 110 valence electrons. The molecule has 0 nitrogen and oxygen atoms in total. The van der Waals surface area contributed by atoms with Gasteiger partial charge in [0, 0.05) is 0 Å². The van der Waals surface area contributed by atoms with Crippen molar-refractivity contribution in [2.75, 3.05) is 0 Å². The molecule has 0 amide bonds. The summed E-state index contributed by atoms with van der Waals surface area (Å²) in [5.41, 5.74) is 0. The van der Waals surface area contributed by atoms with E-state index in [9.17, 15) is 0 Å². The molecule has 0 saturated carbocycles. The fourth-order valence-corrected chi connectivity index (χ4v) is 10.9. The third-order valence-electron chi connectivity index (χ3n) is 3.52. The summed E-state index contributed by atoms with van der Waals surface area (Å²) in [6.07, 6.45) is 14.8. The summed E-state index contributed by atoms with van der Waals surface area (Å²) in [6.45, 7) is 2.30.